The molecule has 5 rings (SSSR count). The smallest absolute Gasteiger partial charge is 0.274 e. The summed E-state index contributed by atoms with van der Waals surface area (Å²) in [4.78, 5) is 23.9. The second kappa shape index (κ2) is 10.6. The number of nitrogens with zero attached hydrogens (tertiary/aromatic N) is 5. The highest BCUT2D eigenvalue weighted by Gasteiger charge is 2.21. The summed E-state index contributed by atoms with van der Waals surface area (Å²) >= 11 is 0. The molecule has 3 aromatic carbocycles. The van der Waals surface area contributed by atoms with Crippen molar-refractivity contribution in [3.63, 3.8) is 0 Å². The first-order valence-corrected chi connectivity index (χ1v) is 12.1. The number of aromatic nitrogens is 4. The molecule has 10 heteroatoms. The standard InChI is InChI=1S/C29H26F2N6O2/c1-36(2)16-17-7-5-8-18(13-17)25-19-15-33-37(3)27(19)21(31)14-23(25)35-29(38)22-11-12-32-28(34-22)26-20(30)9-6-10-24(26)39-4/h5-15H,16H2,1-4H3,(H,35,38). The number of ether oxygens (including phenoxy) is 1. The van der Waals surface area contributed by atoms with Crippen LogP contribution in [-0.4, -0.2) is 51.8 Å². The van der Waals surface area contributed by atoms with Gasteiger partial charge in [-0.05, 0) is 49.5 Å². The molecule has 1 N–H and O–H groups in total. The number of hydrogen-bond donors (Lipinski definition) is 1. The minimum Gasteiger partial charge on any atom is -0.496 e. The first-order valence-electron chi connectivity index (χ1n) is 12.1. The predicted octanol–water partition coefficient (Wildman–Crippen LogP) is 5.30. The lowest BCUT2D eigenvalue weighted by molar-refractivity contribution is 0.102. The summed E-state index contributed by atoms with van der Waals surface area (Å²) in [7, 11) is 7.02. The minimum atomic E-state index is -0.609. The number of anilines is 1. The van der Waals surface area contributed by atoms with Crippen LogP contribution in [0, 0.1) is 11.6 Å². The fraction of sp³-hybridized carbons (Fsp3) is 0.172. The van der Waals surface area contributed by atoms with E-state index in [1.807, 2.05) is 43.3 Å². The lowest BCUT2D eigenvalue weighted by atomic mass is 9.97. The Labute approximate surface area is 223 Å². The van der Waals surface area contributed by atoms with Crippen LogP contribution in [0.2, 0.25) is 0 Å². The monoisotopic (exact) mass is 528 g/mol. The molecule has 39 heavy (non-hydrogen) atoms. The Morgan fingerprint density at radius 1 is 1.05 bits per heavy atom. The van der Waals surface area contributed by atoms with Crippen molar-refractivity contribution in [3.8, 4) is 28.3 Å². The Hall–Kier alpha value is -4.70. The van der Waals surface area contributed by atoms with Crippen molar-refractivity contribution in [1.29, 1.82) is 0 Å². The predicted molar refractivity (Wildman–Crippen MR) is 145 cm³/mol. The SMILES string of the molecule is COc1cccc(F)c1-c1nccc(C(=O)Nc2cc(F)c3c(cnn3C)c2-c2cccc(CN(C)C)c2)n1. The molecule has 5 aromatic rings. The molecule has 198 valence electrons. The van der Waals surface area contributed by atoms with Crippen LogP contribution in [-0.2, 0) is 13.6 Å². The maximum absolute atomic E-state index is 15.3. The molecule has 1 amide bonds. The Morgan fingerprint density at radius 2 is 1.85 bits per heavy atom. The summed E-state index contributed by atoms with van der Waals surface area (Å²) in [5.74, 6) is -1.51. The van der Waals surface area contributed by atoms with Gasteiger partial charge in [0.25, 0.3) is 5.91 Å². The zero-order valence-corrected chi connectivity index (χ0v) is 21.9. The van der Waals surface area contributed by atoms with Crippen LogP contribution < -0.4 is 10.1 Å². The van der Waals surface area contributed by atoms with Gasteiger partial charge in [0, 0.05) is 36.8 Å². The van der Waals surface area contributed by atoms with Crippen LogP contribution in [0.3, 0.4) is 0 Å². The van der Waals surface area contributed by atoms with E-state index in [-0.39, 0.29) is 28.5 Å². The van der Waals surface area contributed by atoms with Crippen LogP contribution in [0.1, 0.15) is 16.1 Å². The number of aryl methyl sites for hydroxylation is 1. The van der Waals surface area contributed by atoms with E-state index < -0.39 is 17.5 Å². The highest BCUT2D eigenvalue weighted by molar-refractivity contribution is 6.10. The number of rotatable bonds is 7. The van der Waals surface area contributed by atoms with Gasteiger partial charge < -0.3 is 15.0 Å². The fourth-order valence-corrected chi connectivity index (χ4v) is 4.60. The molecule has 0 saturated heterocycles. The number of carbonyl (C=O) groups is 1. The van der Waals surface area contributed by atoms with E-state index in [4.69, 9.17) is 4.74 Å². The lowest BCUT2D eigenvalue weighted by Gasteiger charge is -2.16. The minimum absolute atomic E-state index is 0.0110. The van der Waals surface area contributed by atoms with E-state index in [0.29, 0.717) is 23.0 Å². The van der Waals surface area contributed by atoms with Gasteiger partial charge in [0.2, 0.25) is 0 Å². The quantitative estimate of drug-likeness (QED) is 0.309. The van der Waals surface area contributed by atoms with Crippen molar-refractivity contribution >= 4 is 22.5 Å². The van der Waals surface area contributed by atoms with E-state index in [1.165, 1.54) is 42.3 Å². The average molecular weight is 529 g/mol. The second-order valence-electron chi connectivity index (χ2n) is 9.29. The van der Waals surface area contributed by atoms with Crippen molar-refractivity contribution < 1.29 is 18.3 Å². The van der Waals surface area contributed by atoms with Crippen molar-refractivity contribution in [3.05, 3.63) is 89.9 Å². The van der Waals surface area contributed by atoms with Crippen LogP contribution >= 0.6 is 0 Å². The molecule has 0 aliphatic rings. The van der Waals surface area contributed by atoms with E-state index >= 15 is 4.39 Å². The molecule has 0 atom stereocenters. The molecule has 0 saturated carbocycles. The number of amides is 1. The third-order valence-electron chi connectivity index (χ3n) is 6.24. The first-order chi connectivity index (χ1) is 18.8. The normalized spacial score (nSPS) is 11.3. The second-order valence-corrected chi connectivity index (χ2v) is 9.29. The Balaban J connectivity index is 1.59. The van der Waals surface area contributed by atoms with Crippen LogP contribution in [0.5, 0.6) is 5.75 Å². The molecule has 0 bridgehead atoms. The molecule has 0 unspecified atom stereocenters. The molecule has 0 radical (unpaired) electrons. The zero-order valence-electron chi connectivity index (χ0n) is 21.9. The highest BCUT2D eigenvalue weighted by Crippen LogP contribution is 2.38. The molecule has 0 fully saturated rings. The van der Waals surface area contributed by atoms with Gasteiger partial charge in [0.15, 0.2) is 11.6 Å². The summed E-state index contributed by atoms with van der Waals surface area (Å²) in [5, 5.41) is 7.61. The number of methoxy groups -OCH3 is 1. The number of benzene rings is 3. The maximum Gasteiger partial charge on any atom is 0.274 e. The van der Waals surface area contributed by atoms with Gasteiger partial charge in [-0.3, -0.25) is 9.48 Å². The summed E-state index contributed by atoms with van der Waals surface area (Å²) < 4.78 is 36.6. The topological polar surface area (TPSA) is 85.2 Å². The lowest BCUT2D eigenvalue weighted by Crippen LogP contribution is -2.16. The molecule has 8 nitrogen and oxygen atoms in total. The van der Waals surface area contributed by atoms with E-state index in [1.54, 1.807) is 19.3 Å². The maximum atomic E-state index is 15.3. The molecule has 0 spiro atoms. The highest BCUT2D eigenvalue weighted by atomic mass is 19.1. The number of carbonyl (C=O) groups excluding carboxylic acids is 1. The van der Waals surface area contributed by atoms with E-state index in [9.17, 15) is 9.18 Å². The number of nitrogens with one attached hydrogen (secondary N) is 1. The average Bonchev–Trinajstić information content (AvgIpc) is 3.30. The van der Waals surface area contributed by atoms with Crippen molar-refractivity contribution in [2.45, 2.75) is 6.54 Å². The van der Waals surface area contributed by atoms with Gasteiger partial charge in [0.1, 0.15) is 22.8 Å². The number of halogens is 2. The van der Waals surface area contributed by atoms with Gasteiger partial charge in [-0.2, -0.15) is 5.10 Å². The number of hydrogen-bond acceptors (Lipinski definition) is 6. The van der Waals surface area contributed by atoms with Gasteiger partial charge in [-0.1, -0.05) is 24.3 Å². The Kier molecular flexibility index (Phi) is 7.03. The summed E-state index contributed by atoms with van der Waals surface area (Å²) in [6, 6.07) is 14.9. The summed E-state index contributed by atoms with van der Waals surface area (Å²) in [6.45, 7) is 0.704. The van der Waals surface area contributed by atoms with E-state index in [2.05, 4.69) is 20.4 Å². The Bertz CT molecular complexity index is 1700. The molecular weight excluding hydrogens is 502 g/mol. The van der Waals surface area contributed by atoms with Gasteiger partial charge in [0.05, 0.1) is 24.6 Å². The molecular formula is C29H26F2N6O2. The molecule has 2 aromatic heterocycles. The summed E-state index contributed by atoms with van der Waals surface area (Å²) in [6.07, 6.45) is 2.94. The molecule has 0 aliphatic carbocycles. The fourth-order valence-electron chi connectivity index (χ4n) is 4.60. The van der Waals surface area contributed by atoms with Gasteiger partial charge in [-0.25, -0.2) is 18.7 Å². The van der Waals surface area contributed by atoms with Crippen molar-refractivity contribution in [2.24, 2.45) is 7.05 Å². The first kappa shape index (κ1) is 25.9. The van der Waals surface area contributed by atoms with Gasteiger partial charge >= 0.3 is 0 Å². The molecule has 0 aliphatic heterocycles. The van der Waals surface area contributed by atoms with Crippen LogP contribution in [0.4, 0.5) is 14.5 Å². The van der Waals surface area contributed by atoms with Crippen molar-refractivity contribution in [1.82, 2.24) is 24.6 Å². The largest absolute Gasteiger partial charge is 0.496 e. The van der Waals surface area contributed by atoms with Gasteiger partial charge in [-0.15, -0.1) is 0 Å². The summed E-state index contributed by atoms with van der Waals surface area (Å²) in [5.41, 5.74) is 3.05. The van der Waals surface area contributed by atoms with E-state index in [0.717, 1.165) is 11.1 Å². The number of fused-ring (bicyclic) bond motifs is 1. The van der Waals surface area contributed by atoms with Crippen molar-refractivity contribution in [2.75, 3.05) is 26.5 Å². The molecule has 2 heterocycles. The Morgan fingerprint density at radius 3 is 2.62 bits per heavy atom. The third-order valence-corrected chi connectivity index (χ3v) is 6.24. The zero-order chi connectivity index (χ0) is 27.7. The third kappa shape index (κ3) is 5.06. The van der Waals surface area contributed by atoms with Crippen LogP contribution in [0.15, 0.2) is 67.0 Å². The van der Waals surface area contributed by atoms with Crippen LogP contribution in [0.25, 0.3) is 33.4 Å².